The Hall–Kier alpha value is -3.51. The summed E-state index contributed by atoms with van der Waals surface area (Å²) in [7, 11) is 1.22. The fraction of sp³-hybridized carbons (Fsp3) is 0.350. The minimum Gasteiger partial charge on any atom is -0.465 e. The van der Waals surface area contributed by atoms with Crippen molar-refractivity contribution in [3.8, 4) is 6.07 Å². The molecule has 0 aliphatic carbocycles. The number of methoxy groups -OCH3 is 1. The number of hydrogen-bond donors (Lipinski definition) is 0. The van der Waals surface area contributed by atoms with Crippen LogP contribution >= 0.6 is 0 Å². The predicted molar refractivity (Wildman–Crippen MR) is 105 cm³/mol. The second-order valence-electron chi connectivity index (χ2n) is 6.74. The Bertz CT molecular complexity index is 939. The third-order valence-electron chi connectivity index (χ3n) is 4.84. The normalized spacial score (nSPS) is 14.7. The highest BCUT2D eigenvalue weighted by Gasteiger charge is 2.25. The first-order valence-corrected chi connectivity index (χ1v) is 9.21. The van der Waals surface area contributed by atoms with Crippen molar-refractivity contribution in [2.75, 3.05) is 38.2 Å². The van der Waals surface area contributed by atoms with E-state index in [9.17, 15) is 14.9 Å². The molecule has 0 bridgehead atoms. The van der Waals surface area contributed by atoms with Crippen LogP contribution < -0.4 is 4.90 Å². The molecule has 0 N–H and O–H groups in total. The first-order chi connectivity index (χ1) is 14.0. The van der Waals surface area contributed by atoms with Crippen molar-refractivity contribution in [1.82, 2.24) is 9.88 Å². The molecular formula is C20H21N5O4. The van der Waals surface area contributed by atoms with Crippen LogP contribution in [0.5, 0.6) is 0 Å². The van der Waals surface area contributed by atoms with Gasteiger partial charge >= 0.3 is 11.7 Å². The smallest absolute Gasteiger partial charge is 0.339 e. The van der Waals surface area contributed by atoms with Crippen LogP contribution in [0.4, 0.5) is 11.5 Å². The number of nitrogens with zero attached hydrogens (tertiary/aromatic N) is 5. The van der Waals surface area contributed by atoms with Crippen LogP contribution in [0.25, 0.3) is 0 Å². The molecule has 1 aromatic heterocycles. The monoisotopic (exact) mass is 395 g/mol. The number of anilines is 1. The summed E-state index contributed by atoms with van der Waals surface area (Å²) in [4.78, 5) is 31.0. The fourth-order valence-corrected chi connectivity index (χ4v) is 3.34. The molecule has 29 heavy (non-hydrogen) atoms. The van der Waals surface area contributed by atoms with E-state index in [1.807, 2.05) is 17.0 Å². The van der Waals surface area contributed by atoms with E-state index >= 15 is 0 Å². The molecule has 2 aromatic rings. The van der Waals surface area contributed by atoms with Gasteiger partial charge < -0.3 is 9.64 Å². The van der Waals surface area contributed by atoms with Gasteiger partial charge in [0, 0.05) is 45.0 Å². The van der Waals surface area contributed by atoms with Crippen molar-refractivity contribution in [2.24, 2.45) is 0 Å². The van der Waals surface area contributed by atoms with Crippen LogP contribution in [-0.4, -0.2) is 54.1 Å². The van der Waals surface area contributed by atoms with Gasteiger partial charge in [-0.2, -0.15) is 5.26 Å². The van der Waals surface area contributed by atoms with Crippen molar-refractivity contribution in [2.45, 2.75) is 13.0 Å². The largest absolute Gasteiger partial charge is 0.465 e. The Kier molecular flexibility index (Phi) is 6.36. The van der Waals surface area contributed by atoms with Gasteiger partial charge in [-0.3, -0.25) is 15.0 Å². The molecule has 0 radical (unpaired) electrons. The minimum atomic E-state index is -0.656. The van der Waals surface area contributed by atoms with Gasteiger partial charge in [-0.05, 0) is 24.1 Å². The number of aromatic nitrogens is 1. The van der Waals surface area contributed by atoms with Gasteiger partial charge in [0.25, 0.3) is 0 Å². The van der Waals surface area contributed by atoms with Crippen molar-refractivity contribution in [1.29, 1.82) is 5.26 Å². The number of carbonyl (C=O) groups is 1. The van der Waals surface area contributed by atoms with Crippen LogP contribution in [0, 0.1) is 21.4 Å². The second kappa shape index (κ2) is 9.12. The van der Waals surface area contributed by atoms with Crippen LogP contribution in [0.3, 0.4) is 0 Å². The summed E-state index contributed by atoms with van der Waals surface area (Å²) in [5.41, 5.74) is 1.60. The average molecular weight is 395 g/mol. The highest BCUT2D eigenvalue weighted by atomic mass is 16.6. The lowest BCUT2D eigenvalue weighted by Crippen LogP contribution is -2.31. The van der Waals surface area contributed by atoms with Crippen LogP contribution in [0.15, 0.2) is 36.5 Å². The van der Waals surface area contributed by atoms with Crippen molar-refractivity contribution in [3.05, 3.63) is 63.3 Å². The minimum absolute atomic E-state index is 0.0558. The Morgan fingerprint density at radius 2 is 2.03 bits per heavy atom. The molecule has 0 saturated carbocycles. The van der Waals surface area contributed by atoms with E-state index in [0.717, 1.165) is 31.6 Å². The molecule has 1 fully saturated rings. The Balaban J connectivity index is 1.72. The fourth-order valence-electron chi connectivity index (χ4n) is 3.34. The van der Waals surface area contributed by atoms with Gasteiger partial charge in [-0.15, -0.1) is 0 Å². The van der Waals surface area contributed by atoms with E-state index < -0.39 is 10.9 Å². The van der Waals surface area contributed by atoms with E-state index in [1.165, 1.54) is 19.4 Å². The van der Waals surface area contributed by atoms with E-state index in [2.05, 4.69) is 20.7 Å². The second-order valence-corrected chi connectivity index (χ2v) is 6.74. The number of nitro groups is 1. The standard InChI is InChI=1S/C20H21N5O4/c1-29-20(26)17-11-18(25(27)28)19(22-13-17)24-8-2-7-23(9-10-24)14-16-5-3-15(12-21)4-6-16/h3-6,11,13H,2,7-10,14H2,1H3. The predicted octanol–water partition coefficient (Wildman–Crippen LogP) is 2.36. The lowest BCUT2D eigenvalue weighted by molar-refractivity contribution is -0.384. The van der Waals surface area contributed by atoms with E-state index in [4.69, 9.17) is 5.26 Å². The van der Waals surface area contributed by atoms with Crippen LogP contribution in [0.2, 0.25) is 0 Å². The SMILES string of the molecule is COC(=O)c1cnc(N2CCCN(Cc3ccc(C#N)cc3)CC2)c([N+](=O)[O-])c1. The number of esters is 1. The number of rotatable bonds is 5. The molecule has 9 heteroatoms. The summed E-state index contributed by atoms with van der Waals surface area (Å²) in [6, 6.07) is 10.8. The number of carbonyl (C=O) groups excluding carboxylic acids is 1. The maximum atomic E-state index is 11.7. The molecule has 1 aromatic carbocycles. The quantitative estimate of drug-likeness (QED) is 0.431. The summed E-state index contributed by atoms with van der Waals surface area (Å²) < 4.78 is 4.62. The summed E-state index contributed by atoms with van der Waals surface area (Å²) in [5, 5.41) is 20.4. The zero-order valence-corrected chi connectivity index (χ0v) is 16.1. The summed E-state index contributed by atoms with van der Waals surface area (Å²) in [6.07, 6.45) is 2.14. The molecule has 1 aliphatic rings. The van der Waals surface area contributed by atoms with E-state index in [-0.39, 0.29) is 17.1 Å². The molecule has 1 saturated heterocycles. The van der Waals surface area contributed by atoms with Gasteiger partial charge in [-0.25, -0.2) is 9.78 Å². The number of hydrogen-bond acceptors (Lipinski definition) is 8. The van der Waals surface area contributed by atoms with Gasteiger partial charge in [-0.1, -0.05) is 12.1 Å². The Labute approximate surface area is 168 Å². The lowest BCUT2D eigenvalue weighted by Gasteiger charge is -2.22. The maximum Gasteiger partial charge on any atom is 0.339 e. The first-order valence-electron chi connectivity index (χ1n) is 9.21. The lowest BCUT2D eigenvalue weighted by atomic mass is 10.1. The highest BCUT2D eigenvalue weighted by Crippen LogP contribution is 2.28. The summed E-state index contributed by atoms with van der Waals surface area (Å²) >= 11 is 0. The van der Waals surface area contributed by atoms with E-state index in [0.29, 0.717) is 18.7 Å². The van der Waals surface area contributed by atoms with Crippen LogP contribution in [0.1, 0.15) is 27.9 Å². The molecule has 0 unspecified atom stereocenters. The molecule has 9 nitrogen and oxygen atoms in total. The molecule has 0 spiro atoms. The topological polar surface area (TPSA) is 113 Å². The molecule has 150 valence electrons. The number of ether oxygens (including phenoxy) is 1. The number of pyridine rings is 1. The third kappa shape index (κ3) is 4.86. The van der Waals surface area contributed by atoms with Crippen molar-refractivity contribution < 1.29 is 14.5 Å². The molecule has 1 aliphatic heterocycles. The van der Waals surface area contributed by atoms with Crippen molar-refractivity contribution in [3.63, 3.8) is 0 Å². The zero-order chi connectivity index (χ0) is 20.8. The summed E-state index contributed by atoms with van der Waals surface area (Å²) in [5.74, 6) is -0.389. The molecule has 0 atom stereocenters. The Morgan fingerprint density at radius 3 is 2.69 bits per heavy atom. The van der Waals surface area contributed by atoms with E-state index in [1.54, 1.807) is 12.1 Å². The number of nitriles is 1. The Morgan fingerprint density at radius 1 is 1.28 bits per heavy atom. The average Bonchev–Trinajstić information content (AvgIpc) is 2.98. The van der Waals surface area contributed by atoms with Crippen LogP contribution in [-0.2, 0) is 11.3 Å². The number of benzene rings is 1. The highest BCUT2D eigenvalue weighted by molar-refractivity contribution is 5.90. The van der Waals surface area contributed by atoms with Crippen molar-refractivity contribution >= 4 is 17.5 Å². The molecule has 2 heterocycles. The molecule has 0 amide bonds. The van der Waals surface area contributed by atoms with Gasteiger partial charge in [0.05, 0.1) is 29.2 Å². The molecular weight excluding hydrogens is 374 g/mol. The maximum absolute atomic E-state index is 11.7. The molecule has 3 rings (SSSR count). The third-order valence-corrected chi connectivity index (χ3v) is 4.84. The zero-order valence-electron chi connectivity index (χ0n) is 16.1. The van der Waals surface area contributed by atoms with Gasteiger partial charge in [0.15, 0.2) is 0 Å². The first kappa shape index (κ1) is 20.2. The van der Waals surface area contributed by atoms with Gasteiger partial charge in [0.1, 0.15) is 0 Å². The summed E-state index contributed by atoms with van der Waals surface area (Å²) in [6.45, 7) is 3.54. The van der Waals surface area contributed by atoms with Gasteiger partial charge in [0.2, 0.25) is 5.82 Å².